The molecule has 0 amide bonds. The lowest BCUT2D eigenvalue weighted by Crippen LogP contribution is -2.60. The molecule has 128 valence electrons. The normalized spacial score (nSPS) is 22.0. The van der Waals surface area contributed by atoms with Crippen LogP contribution < -0.4 is 0 Å². The standard InChI is InChI=1S/C20H32N2S/c1-16(2)22-10-8-20(9-11-22)14-21(15-20)13-18-6-5-7-19(12-18)23-17(3)4/h5-7,12,16-17H,8-11,13-15H2,1-4H3. The highest BCUT2D eigenvalue weighted by Crippen LogP contribution is 2.41. The third-order valence-electron chi connectivity index (χ3n) is 5.38. The molecule has 0 atom stereocenters. The molecule has 1 spiro atoms. The predicted octanol–water partition coefficient (Wildman–Crippen LogP) is 4.49. The van der Waals surface area contributed by atoms with Crippen LogP contribution in [0.1, 0.15) is 46.1 Å². The summed E-state index contributed by atoms with van der Waals surface area (Å²) in [5.41, 5.74) is 2.11. The Hall–Kier alpha value is -0.510. The molecule has 1 aromatic carbocycles. The van der Waals surface area contributed by atoms with E-state index >= 15 is 0 Å². The van der Waals surface area contributed by atoms with Gasteiger partial charge in [0.1, 0.15) is 0 Å². The van der Waals surface area contributed by atoms with E-state index in [0.717, 1.165) is 6.54 Å². The van der Waals surface area contributed by atoms with Gasteiger partial charge in [-0.2, -0.15) is 0 Å². The van der Waals surface area contributed by atoms with Crippen LogP contribution >= 0.6 is 11.8 Å². The maximum Gasteiger partial charge on any atom is 0.0234 e. The molecule has 0 N–H and O–H groups in total. The fraction of sp³-hybridized carbons (Fsp3) is 0.700. The van der Waals surface area contributed by atoms with Gasteiger partial charge in [0.15, 0.2) is 0 Å². The minimum absolute atomic E-state index is 0.635. The molecule has 0 aromatic heterocycles. The predicted molar refractivity (Wildman–Crippen MR) is 101 cm³/mol. The van der Waals surface area contributed by atoms with E-state index in [-0.39, 0.29) is 0 Å². The Labute approximate surface area is 146 Å². The van der Waals surface area contributed by atoms with E-state index in [1.165, 1.54) is 49.5 Å². The molecule has 23 heavy (non-hydrogen) atoms. The van der Waals surface area contributed by atoms with Crippen molar-refractivity contribution >= 4 is 11.8 Å². The highest BCUT2D eigenvalue weighted by molar-refractivity contribution is 7.99. The monoisotopic (exact) mass is 332 g/mol. The Morgan fingerprint density at radius 3 is 2.39 bits per heavy atom. The molecular formula is C20H32N2S. The summed E-state index contributed by atoms with van der Waals surface area (Å²) in [7, 11) is 0. The van der Waals surface area contributed by atoms with E-state index in [1.807, 2.05) is 11.8 Å². The lowest BCUT2D eigenvalue weighted by Gasteiger charge is -2.54. The Morgan fingerprint density at radius 1 is 1.09 bits per heavy atom. The number of nitrogens with zero attached hydrogens (tertiary/aromatic N) is 2. The fourth-order valence-corrected chi connectivity index (χ4v) is 5.01. The first-order valence-electron chi connectivity index (χ1n) is 9.18. The maximum absolute atomic E-state index is 2.64. The van der Waals surface area contributed by atoms with Gasteiger partial charge >= 0.3 is 0 Å². The van der Waals surface area contributed by atoms with Crippen LogP contribution in [0.2, 0.25) is 0 Å². The number of hydrogen-bond acceptors (Lipinski definition) is 3. The first-order valence-corrected chi connectivity index (χ1v) is 10.1. The topological polar surface area (TPSA) is 6.48 Å². The third kappa shape index (κ3) is 4.32. The molecule has 0 radical (unpaired) electrons. The molecule has 3 heteroatoms. The van der Waals surface area contributed by atoms with Gasteiger partial charge in [-0.3, -0.25) is 4.90 Å². The van der Waals surface area contributed by atoms with Crippen molar-refractivity contribution in [3.05, 3.63) is 29.8 Å². The second kappa shape index (κ2) is 7.16. The Balaban J connectivity index is 1.49. The summed E-state index contributed by atoms with van der Waals surface area (Å²) in [5, 5.41) is 0.656. The lowest BCUT2D eigenvalue weighted by molar-refractivity contribution is -0.0557. The Morgan fingerprint density at radius 2 is 1.78 bits per heavy atom. The van der Waals surface area contributed by atoms with E-state index in [9.17, 15) is 0 Å². The molecule has 3 rings (SSSR count). The van der Waals surface area contributed by atoms with Gasteiger partial charge in [-0.15, -0.1) is 11.8 Å². The van der Waals surface area contributed by atoms with Crippen molar-refractivity contribution in [2.75, 3.05) is 26.2 Å². The average molecular weight is 333 g/mol. The number of piperidine rings is 1. The summed E-state index contributed by atoms with van der Waals surface area (Å²) in [4.78, 5) is 6.70. The van der Waals surface area contributed by atoms with Crippen molar-refractivity contribution in [2.45, 2.75) is 63.3 Å². The van der Waals surface area contributed by atoms with Gasteiger partial charge in [-0.05, 0) is 62.9 Å². The number of benzene rings is 1. The molecule has 0 saturated carbocycles. The van der Waals surface area contributed by atoms with Crippen LogP contribution in [0.25, 0.3) is 0 Å². The first-order chi connectivity index (χ1) is 11.0. The molecule has 2 saturated heterocycles. The minimum Gasteiger partial charge on any atom is -0.301 e. The quantitative estimate of drug-likeness (QED) is 0.733. The van der Waals surface area contributed by atoms with Gasteiger partial charge in [-0.25, -0.2) is 0 Å². The van der Waals surface area contributed by atoms with E-state index in [0.29, 0.717) is 16.7 Å². The number of rotatable bonds is 5. The molecule has 2 heterocycles. The molecule has 0 aliphatic carbocycles. The summed E-state index contributed by atoms with van der Waals surface area (Å²) >= 11 is 1.97. The van der Waals surface area contributed by atoms with Crippen molar-refractivity contribution in [3.63, 3.8) is 0 Å². The zero-order valence-electron chi connectivity index (χ0n) is 15.2. The Bertz CT molecular complexity index is 510. The van der Waals surface area contributed by atoms with Crippen molar-refractivity contribution in [3.8, 4) is 0 Å². The van der Waals surface area contributed by atoms with Gasteiger partial charge in [-0.1, -0.05) is 26.0 Å². The number of likely N-dealkylation sites (tertiary alicyclic amines) is 2. The fourth-order valence-electron chi connectivity index (χ4n) is 4.09. The largest absolute Gasteiger partial charge is 0.301 e. The van der Waals surface area contributed by atoms with Crippen LogP contribution in [0.3, 0.4) is 0 Å². The van der Waals surface area contributed by atoms with E-state index in [1.54, 1.807) is 0 Å². The number of thioether (sulfide) groups is 1. The van der Waals surface area contributed by atoms with Crippen LogP contribution in [-0.4, -0.2) is 47.3 Å². The van der Waals surface area contributed by atoms with Gasteiger partial charge in [0, 0.05) is 35.8 Å². The summed E-state index contributed by atoms with van der Waals surface area (Å²) in [6.07, 6.45) is 2.79. The summed E-state index contributed by atoms with van der Waals surface area (Å²) < 4.78 is 0. The van der Waals surface area contributed by atoms with Gasteiger partial charge in [0.2, 0.25) is 0 Å². The van der Waals surface area contributed by atoms with Crippen molar-refractivity contribution in [1.29, 1.82) is 0 Å². The third-order valence-corrected chi connectivity index (χ3v) is 6.38. The highest BCUT2D eigenvalue weighted by Gasteiger charge is 2.44. The van der Waals surface area contributed by atoms with E-state index in [2.05, 4.69) is 61.8 Å². The van der Waals surface area contributed by atoms with Crippen molar-refractivity contribution in [1.82, 2.24) is 9.80 Å². The molecule has 0 unspecified atom stereocenters. The van der Waals surface area contributed by atoms with Crippen LogP contribution in [0.5, 0.6) is 0 Å². The lowest BCUT2D eigenvalue weighted by atomic mass is 9.71. The van der Waals surface area contributed by atoms with Crippen LogP contribution in [0, 0.1) is 5.41 Å². The average Bonchev–Trinajstić information content (AvgIpc) is 2.46. The first kappa shape index (κ1) is 17.3. The van der Waals surface area contributed by atoms with Crippen LogP contribution in [0.15, 0.2) is 29.2 Å². The van der Waals surface area contributed by atoms with E-state index in [4.69, 9.17) is 0 Å². The molecular weight excluding hydrogens is 300 g/mol. The molecule has 1 aromatic rings. The summed E-state index contributed by atoms with van der Waals surface area (Å²) in [6.45, 7) is 15.5. The molecule has 2 nitrogen and oxygen atoms in total. The van der Waals surface area contributed by atoms with Gasteiger partial charge in [0.05, 0.1) is 0 Å². The van der Waals surface area contributed by atoms with Gasteiger partial charge < -0.3 is 4.90 Å². The van der Waals surface area contributed by atoms with Crippen molar-refractivity contribution < 1.29 is 0 Å². The second-order valence-electron chi connectivity index (χ2n) is 8.09. The SMILES string of the molecule is CC(C)Sc1cccc(CN2CC3(CCN(C(C)C)CC3)C2)c1. The minimum atomic E-state index is 0.635. The van der Waals surface area contributed by atoms with Crippen LogP contribution in [-0.2, 0) is 6.54 Å². The zero-order chi connectivity index (χ0) is 16.4. The summed E-state index contributed by atoms with van der Waals surface area (Å²) in [6, 6.07) is 9.85. The zero-order valence-corrected chi connectivity index (χ0v) is 16.0. The smallest absolute Gasteiger partial charge is 0.0234 e. The maximum atomic E-state index is 2.64. The molecule has 2 fully saturated rings. The molecule has 2 aliphatic heterocycles. The molecule has 0 bridgehead atoms. The van der Waals surface area contributed by atoms with Crippen LogP contribution in [0.4, 0.5) is 0 Å². The van der Waals surface area contributed by atoms with Crippen molar-refractivity contribution in [2.24, 2.45) is 5.41 Å². The Kier molecular flexibility index (Phi) is 5.39. The highest BCUT2D eigenvalue weighted by atomic mass is 32.2. The molecule has 2 aliphatic rings. The van der Waals surface area contributed by atoms with E-state index < -0.39 is 0 Å². The summed E-state index contributed by atoms with van der Waals surface area (Å²) in [5.74, 6) is 0. The number of hydrogen-bond donors (Lipinski definition) is 0. The van der Waals surface area contributed by atoms with Gasteiger partial charge in [0.25, 0.3) is 0 Å². The second-order valence-corrected chi connectivity index (χ2v) is 9.74.